The van der Waals surface area contributed by atoms with Crippen molar-refractivity contribution < 1.29 is 62.6 Å². The SMILES string of the molecule is CC(C)C[C@H](NC(=O)[C@H](CC(C)C)NC(=O)[C@H](CCCN=C(N)N)NC(=O)[C@H](Cc1cnc[nH]1)NC(=O)[C@@H](NC(=O)[C@H](CCCN=C(N)N)NC(=O)CNC(=O)[C@@H](NC(=O)[C@@H]1CCCN1C(=O)[C@@H](N)Cc1ccccc1)C(C)C)C(C)C)C(=O)N[C@@H](CCCN=C(N)N)C(=O)N[C@@H](CCCCN)C(=O)O. The van der Waals surface area contributed by atoms with Gasteiger partial charge in [0, 0.05) is 44.5 Å². The van der Waals surface area contributed by atoms with Gasteiger partial charge in [-0.2, -0.15) is 0 Å². The maximum absolute atomic E-state index is 14.8. The molecule has 2 heterocycles. The smallest absolute Gasteiger partial charge is 0.326 e. The number of nitrogens with zero attached hydrogens (tertiary/aromatic N) is 5. The molecule has 1 aliphatic heterocycles. The van der Waals surface area contributed by atoms with Gasteiger partial charge in [0.15, 0.2) is 17.9 Å². The zero-order valence-electron chi connectivity index (χ0n) is 61.8. The maximum Gasteiger partial charge on any atom is 0.326 e. The van der Waals surface area contributed by atoms with Crippen molar-refractivity contribution in [2.24, 2.45) is 84.5 Å². The molecule has 0 saturated carbocycles. The molecule has 1 fully saturated rings. The van der Waals surface area contributed by atoms with E-state index in [4.69, 9.17) is 45.9 Å². The van der Waals surface area contributed by atoms with Gasteiger partial charge in [-0.15, -0.1) is 0 Å². The second-order valence-electron chi connectivity index (χ2n) is 27.7. The van der Waals surface area contributed by atoms with E-state index in [1.807, 2.05) is 30.3 Å². The van der Waals surface area contributed by atoms with E-state index in [-0.39, 0.29) is 127 Å². The van der Waals surface area contributed by atoms with Gasteiger partial charge in [0.05, 0.1) is 18.9 Å². The van der Waals surface area contributed by atoms with E-state index in [0.717, 1.165) is 5.56 Å². The minimum Gasteiger partial charge on any atom is -0.480 e. The molecule has 37 heteroatoms. The summed E-state index contributed by atoms with van der Waals surface area (Å²) in [6.45, 7) is 13.7. The number of aromatic nitrogens is 2. The monoisotopic (exact) mass is 1480 g/mol. The molecule has 11 atom stereocenters. The molecule has 0 bridgehead atoms. The Hall–Kier alpha value is -10.2. The number of unbranched alkanes of at least 4 members (excludes halogenated alkanes) is 1. The standard InChI is InChI=1S/C68H116N24O13/c1-37(2)30-48(58(97)84-45(22-15-27-79-67(73)74)55(94)86-47(65(104)105)20-12-13-25-69)88-59(98)49(31-38(3)4)87-56(95)46(23-16-28-80-68(75)76)85-60(99)50(33-42-34-77-36-82-42)89-63(102)54(40(7)8)90-57(96)44(21-14-26-78-66(71)72)83-52(93)35-81-62(101)53(39(5)6)91-61(100)51-24-17-29-92(51)64(103)43(70)32-41-18-10-9-11-19-41/h9-11,18-19,34,36-40,43-51,53-54H,12-17,20-33,35,69-70H2,1-8H3,(H,77,82)(H,81,101)(H,83,93)(H,84,97)(H,85,99)(H,86,94)(H,87,95)(H,88,98)(H,89,102)(H,90,96)(H,91,100)(H,104,105)(H4,71,72,78)(H4,73,74,79)(H4,75,76,80)/t43-,44-,45-,46-,47-,48-,49-,50-,51-,53-,54-/m0/s1. The number of carboxylic acid groups (broad SMARTS) is 1. The predicted molar refractivity (Wildman–Crippen MR) is 394 cm³/mol. The topological polar surface area (TPSA) is 623 Å². The Labute approximate surface area is 613 Å². The van der Waals surface area contributed by atoms with Crippen LogP contribution in [0.1, 0.15) is 150 Å². The van der Waals surface area contributed by atoms with Crippen molar-refractivity contribution in [1.82, 2.24) is 68.0 Å². The Kier molecular flexibility index (Phi) is 39.4. The van der Waals surface area contributed by atoms with Crippen molar-refractivity contribution in [2.45, 2.75) is 218 Å². The summed E-state index contributed by atoms with van der Waals surface area (Å²) in [6, 6.07) is -4.78. The summed E-state index contributed by atoms with van der Waals surface area (Å²) < 4.78 is 0. The first-order chi connectivity index (χ1) is 49.6. The first-order valence-electron chi connectivity index (χ1n) is 35.8. The Morgan fingerprint density at radius 1 is 0.533 bits per heavy atom. The molecule has 586 valence electrons. The van der Waals surface area contributed by atoms with Crippen LogP contribution in [0.3, 0.4) is 0 Å². The van der Waals surface area contributed by atoms with Crippen molar-refractivity contribution in [3.63, 3.8) is 0 Å². The highest BCUT2D eigenvalue weighted by molar-refractivity contribution is 5.99. The van der Waals surface area contributed by atoms with Crippen LogP contribution in [-0.4, -0.2) is 215 Å². The van der Waals surface area contributed by atoms with Gasteiger partial charge in [0.1, 0.15) is 60.4 Å². The zero-order chi connectivity index (χ0) is 78.5. The third kappa shape index (κ3) is 33.4. The number of amides is 11. The van der Waals surface area contributed by atoms with Crippen molar-refractivity contribution in [3.8, 4) is 0 Å². The Bertz CT molecular complexity index is 3230. The number of benzene rings is 1. The van der Waals surface area contributed by atoms with Gasteiger partial charge in [0.25, 0.3) is 0 Å². The second kappa shape index (κ2) is 46.5. The third-order valence-corrected chi connectivity index (χ3v) is 17.0. The Balaban J connectivity index is 1.90. The van der Waals surface area contributed by atoms with E-state index in [9.17, 15) is 62.6 Å². The predicted octanol–water partition coefficient (Wildman–Crippen LogP) is -4.23. The third-order valence-electron chi connectivity index (χ3n) is 17.0. The maximum atomic E-state index is 14.8. The van der Waals surface area contributed by atoms with E-state index in [1.165, 1.54) is 17.4 Å². The van der Waals surface area contributed by atoms with Gasteiger partial charge in [-0.3, -0.25) is 67.7 Å². The van der Waals surface area contributed by atoms with Crippen molar-refractivity contribution >= 4 is 88.8 Å². The highest BCUT2D eigenvalue weighted by Crippen LogP contribution is 2.21. The number of aliphatic imine (C=N–C) groups is 3. The van der Waals surface area contributed by atoms with Crippen LogP contribution in [0.5, 0.6) is 0 Å². The van der Waals surface area contributed by atoms with E-state index in [2.05, 4.69) is 78.1 Å². The molecule has 3 rings (SSSR count). The Morgan fingerprint density at radius 2 is 0.971 bits per heavy atom. The first kappa shape index (κ1) is 89.0. The molecule has 28 N–H and O–H groups in total. The van der Waals surface area contributed by atoms with Gasteiger partial charge in [0.2, 0.25) is 65.0 Å². The van der Waals surface area contributed by atoms with Crippen LogP contribution in [0.2, 0.25) is 0 Å². The molecule has 0 aliphatic carbocycles. The van der Waals surface area contributed by atoms with Crippen LogP contribution in [0, 0.1) is 23.7 Å². The number of aromatic amines is 1. The Morgan fingerprint density at radius 3 is 1.43 bits per heavy atom. The summed E-state index contributed by atoms with van der Waals surface area (Å²) in [5.41, 5.74) is 46.5. The molecular formula is C68H116N24O13. The van der Waals surface area contributed by atoms with Gasteiger partial charge in [-0.1, -0.05) is 85.7 Å². The number of guanidine groups is 3. The van der Waals surface area contributed by atoms with E-state index >= 15 is 0 Å². The molecular weight excluding hydrogens is 1360 g/mol. The normalized spacial score (nSPS) is 15.5. The van der Waals surface area contributed by atoms with E-state index < -0.39 is 156 Å². The van der Waals surface area contributed by atoms with Crippen LogP contribution in [0.15, 0.2) is 57.8 Å². The molecule has 0 unspecified atom stereocenters. The van der Waals surface area contributed by atoms with Crippen molar-refractivity contribution in [2.75, 3.05) is 39.3 Å². The molecule has 1 aromatic carbocycles. The lowest BCUT2D eigenvalue weighted by Crippen LogP contribution is -2.61. The number of nitrogens with one attached hydrogen (secondary N) is 11. The number of hydrogen-bond donors (Lipinski definition) is 20. The average Bonchev–Trinajstić information content (AvgIpc) is 1.74. The lowest BCUT2D eigenvalue weighted by molar-refractivity contribution is -0.142. The molecule has 37 nitrogen and oxygen atoms in total. The number of carboxylic acids is 1. The van der Waals surface area contributed by atoms with Crippen LogP contribution < -0.4 is 99.0 Å². The second-order valence-corrected chi connectivity index (χ2v) is 27.7. The number of carbonyl (C=O) groups excluding carboxylic acids is 11. The van der Waals surface area contributed by atoms with Gasteiger partial charge in [-0.05, 0) is 126 Å². The fraction of sp³-hybridized carbons (Fsp3) is 0.647. The summed E-state index contributed by atoms with van der Waals surface area (Å²) in [5, 5.41) is 36.6. The number of hydrogen-bond acceptors (Lipinski definition) is 18. The van der Waals surface area contributed by atoms with E-state index in [1.54, 1.807) is 55.4 Å². The minimum atomic E-state index is -1.50. The number of carbonyl (C=O) groups is 12. The number of imidazole rings is 1. The summed E-state index contributed by atoms with van der Waals surface area (Å²) in [6.07, 6.45) is 4.74. The van der Waals surface area contributed by atoms with E-state index in [0.29, 0.717) is 37.9 Å². The minimum absolute atomic E-state index is 0.00731. The lowest BCUT2D eigenvalue weighted by atomic mass is 9.99. The molecule has 1 aliphatic rings. The number of aliphatic carboxylic acids is 1. The molecule has 1 aromatic heterocycles. The molecule has 0 radical (unpaired) electrons. The largest absolute Gasteiger partial charge is 0.480 e. The molecule has 2 aromatic rings. The molecule has 0 spiro atoms. The number of H-pyrrole nitrogens is 1. The van der Waals surface area contributed by atoms with Crippen molar-refractivity contribution in [3.05, 3.63) is 54.1 Å². The first-order valence-corrected chi connectivity index (χ1v) is 35.8. The number of rotatable bonds is 48. The van der Waals surface area contributed by atoms with Crippen LogP contribution in [0.25, 0.3) is 0 Å². The van der Waals surface area contributed by atoms with Gasteiger partial charge in [-0.25, -0.2) is 9.78 Å². The molecule has 105 heavy (non-hydrogen) atoms. The van der Waals surface area contributed by atoms with Crippen molar-refractivity contribution in [1.29, 1.82) is 0 Å². The average molecular weight is 1480 g/mol. The summed E-state index contributed by atoms with van der Waals surface area (Å²) >= 11 is 0. The van der Waals surface area contributed by atoms with Gasteiger partial charge < -0.3 is 114 Å². The van der Waals surface area contributed by atoms with Crippen LogP contribution >= 0.6 is 0 Å². The zero-order valence-corrected chi connectivity index (χ0v) is 61.8. The molecule has 1 saturated heterocycles. The van der Waals surface area contributed by atoms with Crippen LogP contribution in [0.4, 0.5) is 0 Å². The summed E-state index contributed by atoms with van der Waals surface area (Å²) in [7, 11) is 0. The fourth-order valence-electron chi connectivity index (χ4n) is 11.5. The fourth-order valence-corrected chi connectivity index (χ4v) is 11.5. The lowest BCUT2D eigenvalue weighted by Gasteiger charge is -2.29. The quantitative estimate of drug-likeness (QED) is 0.0170. The van der Waals surface area contributed by atoms with Crippen LogP contribution in [-0.2, 0) is 70.4 Å². The summed E-state index contributed by atoms with van der Waals surface area (Å²) in [5.74, 6) is -12.1. The number of nitrogens with two attached hydrogens (primary N) is 8. The highest BCUT2D eigenvalue weighted by atomic mass is 16.4. The van der Waals surface area contributed by atoms with Gasteiger partial charge >= 0.3 is 5.97 Å². The molecule has 11 amide bonds. The number of likely N-dealkylation sites (tertiary alicyclic amines) is 1. The highest BCUT2D eigenvalue weighted by Gasteiger charge is 2.40. The summed E-state index contributed by atoms with van der Waals surface area (Å²) in [4.78, 5) is 189.